The SMILES string of the molecule is NC(=O)COCCNC1CCSCC1. The highest BCUT2D eigenvalue weighted by molar-refractivity contribution is 7.99. The Morgan fingerprint density at radius 3 is 2.86 bits per heavy atom. The summed E-state index contributed by atoms with van der Waals surface area (Å²) in [5.74, 6) is 2.10. The van der Waals surface area contributed by atoms with Crippen LogP contribution in [0.15, 0.2) is 0 Å². The lowest BCUT2D eigenvalue weighted by molar-refractivity contribution is -0.122. The first-order valence-corrected chi connectivity index (χ1v) is 6.11. The topological polar surface area (TPSA) is 64.4 Å². The van der Waals surface area contributed by atoms with Gasteiger partial charge in [-0.2, -0.15) is 11.8 Å². The molecule has 0 aliphatic carbocycles. The molecule has 0 spiro atoms. The number of carbonyl (C=O) groups is 1. The summed E-state index contributed by atoms with van der Waals surface area (Å²) in [6, 6.07) is 0.633. The highest BCUT2D eigenvalue weighted by Crippen LogP contribution is 2.16. The molecule has 0 atom stereocenters. The third kappa shape index (κ3) is 5.47. The van der Waals surface area contributed by atoms with E-state index in [1.165, 1.54) is 24.3 Å². The highest BCUT2D eigenvalue weighted by Gasteiger charge is 2.11. The van der Waals surface area contributed by atoms with Crippen LogP contribution in [0.4, 0.5) is 0 Å². The van der Waals surface area contributed by atoms with Gasteiger partial charge in [0.2, 0.25) is 5.91 Å². The zero-order valence-corrected chi connectivity index (χ0v) is 9.15. The fraction of sp³-hybridized carbons (Fsp3) is 0.889. The maximum atomic E-state index is 10.3. The molecule has 1 aliphatic heterocycles. The Morgan fingerprint density at radius 1 is 1.50 bits per heavy atom. The second-order valence-electron chi connectivity index (χ2n) is 3.36. The van der Waals surface area contributed by atoms with Crippen molar-refractivity contribution in [1.29, 1.82) is 0 Å². The number of amides is 1. The minimum atomic E-state index is -0.404. The molecule has 0 radical (unpaired) electrons. The monoisotopic (exact) mass is 218 g/mol. The fourth-order valence-electron chi connectivity index (χ4n) is 1.41. The zero-order chi connectivity index (χ0) is 10.2. The summed E-state index contributed by atoms with van der Waals surface area (Å²) in [6.45, 7) is 1.40. The van der Waals surface area contributed by atoms with Crippen LogP contribution in [0.3, 0.4) is 0 Å². The maximum Gasteiger partial charge on any atom is 0.243 e. The Labute approximate surface area is 88.9 Å². The van der Waals surface area contributed by atoms with Crippen LogP contribution in [-0.4, -0.2) is 43.2 Å². The molecule has 1 amide bonds. The van der Waals surface area contributed by atoms with Crippen LogP contribution in [0, 0.1) is 0 Å². The summed E-state index contributed by atoms with van der Waals surface area (Å²) < 4.78 is 5.04. The second-order valence-corrected chi connectivity index (χ2v) is 4.58. The summed E-state index contributed by atoms with van der Waals surface area (Å²) in [7, 11) is 0. The maximum absolute atomic E-state index is 10.3. The number of hydrogen-bond acceptors (Lipinski definition) is 4. The van der Waals surface area contributed by atoms with Crippen molar-refractivity contribution in [3.63, 3.8) is 0 Å². The van der Waals surface area contributed by atoms with Gasteiger partial charge in [0.05, 0.1) is 6.61 Å². The zero-order valence-electron chi connectivity index (χ0n) is 8.33. The van der Waals surface area contributed by atoms with Gasteiger partial charge in [-0.1, -0.05) is 0 Å². The second kappa shape index (κ2) is 7.09. The molecular weight excluding hydrogens is 200 g/mol. The van der Waals surface area contributed by atoms with Crippen molar-refractivity contribution in [3.8, 4) is 0 Å². The molecular formula is C9H18N2O2S. The number of nitrogens with two attached hydrogens (primary N) is 1. The molecule has 1 saturated heterocycles. The standard InChI is InChI=1S/C9H18N2O2S/c10-9(12)7-13-4-3-11-8-1-5-14-6-2-8/h8,11H,1-7H2,(H2,10,12). The van der Waals surface area contributed by atoms with Crippen molar-refractivity contribution in [3.05, 3.63) is 0 Å². The van der Waals surface area contributed by atoms with Gasteiger partial charge in [0.1, 0.15) is 6.61 Å². The summed E-state index contributed by atoms with van der Waals surface area (Å²) >= 11 is 2.01. The van der Waals surface area contributed by atoms with E-state index in [2.05, 4.69) is 5.32 Å². The molecule has 0 saturated carbocycles. The lowest BCUT2D eigenvalue weighted by Crippen LogP contribution is -2.35. The number of rotatable bonds is 6. The van der Waals surface area contributed by atoms with E-state index >= 15 is 0 Å². The molecule has 0 aromatic carbocycles. The lowest BCUT2D eigenvalue weighted by atomic mass is 10.1. The van der Waals surface area contributed by atoms with Crippen LogP contribution in [0.25, 0.3) is 0 Å². The van der Waals surface area contributed by atoms with Crippen LogP contribution >= 0.6 is 11.8 Å². The van der Waals surface area contributed by atoms with E-state index in [4.69, 9.17) is 10.5 Å². The number of thioether (sulfide) groups is 1. The van der Waals surface area contributed by atoms with E-state index in [1.54, 1.807) is 0 Å². The number of carbonyl (C=O) groups excluding carboxylic acids is 1. The summed E-state index contributed by atoms with van der Waals surface area (Å²) in [5, 5.41) is 3.40. The van der Waals surface area contributed by atoms with Crippen LogP contribution in [0.2, 0.25) is 0 Å². The number of ether oxygens (including phenoxy) is 1. The Bertz CT molecular complexity index is 172. The van der Waals surface area contributed by atoms with Crippen LogP contribution in [-0.2, 0) is 9.53 Å². The van der Waals surface area contributed by atoms with E-state index in [1.807, 2.05) is 11.8 Å². The molecule has 0 unspecified atom stereocenters. The minimum Gasteiger partial charge on any atom is -0.370 e. The molecule has 0 aromatic heterocycles. The van der Waals surface area contributed by atoms with Crippen molar-refractivity contribution in [2.75, 3.05) is 31.3 Å². The number of nitrogens with one attached hydrogen (secondary N) is 1. The normalized spacial score (nSPS) is 18.3. The number of hydrogen-bond donors (Lipinski definition) is 2. The van der Waals surface area contributed by atoms with Gasteiger partial charge in [-0.25, -0.2) is 0 Å². The largest absolute Gasteiger partial charge is 0.370 e. The summed E-state index contributed by atoms with van der Waals surface area (Å²) in [4.78, 5) is 10.3. The average Bonchev–Trinajstić information content (AvgIpc) is 2.18. The molecule has 1 rings (SSSR count). The van der Waals surface area contributed by atoms with E-state index in [-0.39, 0.29) is 6.61 Å². The molecule has 82 valence electrons. The van der Waals surface area contributed by atoms with Crippen LogP contribution in [0.5, 0.6) is 0 Å². The summed E-state index contributed by atoms with van der Waals surface area (Å²) in [6.07, 6.45) is 2.47. The van der Waals surface area contributed by atoms with Gasteiger partial charge < -0.3 is 15.8 Å². The first-order valence-electron chi connectivity index (χ1n) is 4.96. The van der Waals surface area contributed by atoms with E-state index < -0.39 is 5.91 Å². The lowest BCUT2D eigenvalue weighted by Gasteiger charge is -2.22. The Hall–Kier alpha value is -0.260. The predicted octanol–water partition coefficient (Wildman–Crippen LogP) is -0.0265. The van der Waals surface area contributed by atoms with Crippen LogP contribution < -0.4 is 11.1 Å². The third-order valence-electron chi connectivity index (χ3n) is 2.15. The Balaban J connectivity index is 1.90. The first-order chi connectivity index (χ1) is 6.79. The predicted molar refractivity (Wildman–Crippen MR) is 58.4 cm³/mol. The summed E-state index contributed by atoms with van der Waals surface area (Å²) in [5.41, 5.74) is 4.93. The molecule has 3 N–H and O–H groups in total. The first kappa shape index (κ1) is 11.8. The van der Waals surface area contributed by atoms with Crippen molar-refractivity contribution in [2.24, 2.45) is 5.73 Å². The third-order valence-corrected chi connectivity index (χ3v) is 3.19. The Kier molecular flexibility index (Phi) is 5.98. The van der Waals surface area contributed by atoms with E-state index in [0.29, 0.717) is 12.6 Å². The average molecular weight is 218 g/mol. The van der Waals surface area contributed by atoms with Gasteiger partial charge in [-0.15, -0.1) is 0 Å². The molecule has 1 fully saturated rings. The molecule has 1 aliphatic rings. The highest BCUT2D eigenvalue weighted by atomic mass is 32.2. The molecule has 14 heavy (non-hydrogen) atoms. The van der Waals surface area contributed by atoms with E-state index in [9.17, 15) is 4.79 Å². The van der Waals surface area contributed by atoms with Gasteiger partial charge in [0.15, 0.2) is 0 Å². The smallest absolute Gasteiger partial charge is 0.243 e. The quantitative estimate of drug-likeness (QED) is 0.615. The van der Waals surface area contributed by atoms with Crippen molar-refractivity contribution in [2.45, 2.75) is 18.9 Å². The Morgan fingerprint density at radius 2 is 2.21 bits per heavy atom. The van der Waals surface area contributed by atoms with Crippen molar-refractivity contribution >= 4 is 17.7 Å². The fourth-order valence-corrected chi connectivity index (χ4v) is 2.52. The molecule has 4 nitrogen and oxygen atoms in total. The van der Waals surface area contributed by atoms with Gasteiger partial charge >= 0.3 is 0 Å². The molecule has 0 aromatic rings. The van der Waals surface area contributed by atoms with Gasteiger partial charge in [-0.05, 0) is 24.3 Å². The van der Waals surface area contributed by atoms with Gasteiger partial charge in [0.25, 0.3) is 0 Å². The molecule has 5 heteroatoms. The van der Waals surface area contributed by atoms with Crippen molar-refractivity contribution < 1.29 is 9.53 Å². The number of primary amides is 1. The minimum absolute atomic E-state index is 0.0300. The van der Waals surface area contributed by atoms with E-state index in [0.717, 1.165) is 6.54 Å². The van der Waals surface area contributed by atoms with Gasteiger partial charge in [-0.3, -0.25) is 4.79 Å². The molecule has 1 heterocycles. The van der Waals surface area contributed by atoms with Crippen LogP contribution in [0.1, 0.15) is 12.8 Å². The van der Waals surface area contributed by atoms with Crippen molar-refractivity contribution in [1.82, 2.24) is 5.32 Å². The van der Waals surface area contributed by atoms with Gasteiger partial charge in [0, 0.05) is 12.6 Å². The molecule has 0 bridgehead atoms.